The van der Waals surface area contributed by atoms with E-state index in [4.69, 9.17) is 9.47 Å². The average Bonchev–Trinajstić information content (AvgIpc) is 2.63. The molecule has 32 heavy (non-hydrogen) atoms. The highest BCUT2D eigenvalue weighted by Crippen LogP contribution is 2.53. The van der Waals surface area contributed by atoms with Crippen LogP contribution in [0.5, 0.6) is 17.2 Å². The van der Waals surface area contributed by atoms with Crippen LogP contribution in [0.15, 0.2) is 42.5 Å². The zero-order valence-electron chi connectivity index (χ0n) is 18.8. The molecule has 2 aromatic rings. The fourth-order valence-corrected chi connectivity index (χ4v) is 4.10. The quantitative estimate of drug-likeness (QED) is 0.202. The molecule has 0 spiro atoms. The molecule has 8 nitrogen and oxygen atoms in total. The number of carbonyl (C=O) groups excluding carboxylic acids is 1. The number of rotatable bonds is 6. The van der Waals surface area contributed by atoms with Crippen LogP contribution in [-0.2, 0) is 9.59 Å². The molecule has 0 atom stereocenters. The van der Waals surface area contributed by atoms with E-state index in [1.54, 1.807) is 59.7 Å². The zero-order chi connectivity index (χ0) is 24.5. The van der Waals surface area contributed by atoms with Gasteiger partial charge in [-0.1, -0.05) is 59.7 Å². The first-order valence-electron chi connectivity index (χ1n) is 9.80. The second kappa shape index (κ2) is 8.57. The van der Waals surface area contributed by atoms with Crippen LogP contribution in [0, 0.1) is 32.2 Å². The molecule has 0 saturated heterocycles. The topological polar surface area (TPSA) is 116 Å². The van der Waals surface area contributed by atoms with Crippen LogP contribution >= 0.6 is 0 Å². The van der Waals surface area contributed by atoms with Crippen LogP contribution in [0.2, 0.25) is 0 Å². The first kappa shape index (κ1) is 24.8. The van der Waals surface area contributed by atoms with E-state index in [0.29, 0.717) is 0 Å². The maximum atomic E-state index is 15.3. The molecule has 9 heteroatoms. The lowest BCUT2D eigenvalue weighted by Crippen LogP contribution is -2.59. The van der Waals surface area contributed by atoms with E-state index in [-0.39, 0.29) is 5.75 Å². The second-order valence-corrected chi connectivity index (χ2v) is 9.34. The van der Waals surface area contributed by atoms with Crippen LogP contribution in [0.3, 0.4) is 0 Å². The highest BCUT2D eigenvalue weighted by Gasteiger charge is 2.63. The van der Waals surface area contributed by atoms with Crippen molar-refractivity contribution in [1.82, 2.24) is 0 Å². The van der Waals surface area contributed by atoms with Crippen molar-refractivity contribution in [2.45, 2.75) is 41.5 Å². The highest BCUT2D eigenvalue weighted by molar-refractivity contribution is 6.02. The number of para-hydroxylation sites is 1. The molecule has 2 aromatic carbocycles. The van der Waals surface area contributed by atoms with Crippen molar-refractivity contribution < 1.29 is 33.5 Å². The van der Waals surface area contributed by atoms with Crippen LogP contribution in [-0.4, -0.2) is 22.0 Å². The number of carboxylic acid groups (broad SMARTS) is 1. The van der Waals surface area contributed by atoms with Gasteiger partial charge < -0.3 is 14.6 Å². The monoisotopic (exact) mass is 447 g/mol. The Labute approximate surface area is 185 Å². The first-order valence-corrected chi connectivity index (χ1v) is 9.80. The predicted octanol–water partition coefficient (Wildman–Crippen LogP) is 5.59. The maximum Gasteiger partial charge on any atom is 0.330 e. The summed E-state index contributed by atoms with van der Waals surface area (Å²) in [5.41, 5.74) is -4.97. The zero-order valence-corrected chi connectivity index (χ0v) is 18.8. The van der Waals surface area contributed by atoms with Gasteiger partial charge in [-0.05, 0) is 29.0 Å². The van der Waals surface area contributed by atoms with E-state index in [1.807, 2.05) is 0 Å². The number of halogens is 1. The lowest BCUT2D eigenvalue weighted by molar-refractivity contribution is -0.385. The molecular formula is C23H26FNO7. The minimum absolute atomic E-state index is 0.127. The third-order valence-corrected chi connectivity index (χ3v) is 5.28. The van der Waals surface area contributed by atoms with E-state index < -0.39 is 56.1 Å². The molecule has 0 aliphatic heterocycles. The van der Waals surface area contributed by atoms with Crippen molar-refractivity contribution in [2.24, 2.45) is 16.2 Å². The largest absolute Gasteiger partial charge is 0.480 e. The normalized spacial score (nSPS) is 12.2. The van der Waals surface area contributed by atoms with Crippen LogP contribution in [0.25, 0.3) is 0 Å². The molecule has 172 valence electrons. The minimum atomic E-state index is -2.06. The van der Waals surface area contributed by atoms with E-state index in [9.17, 15) is 24.8 Å². The summed E-state index contributed by atoms with van der Waals surface area (Å²) in [5.74, 6) is -5.21. The van der Waals surface area contributed by atoms with Crippen LogP contribution in [0.4, 0.5) is 10.1 Å². The van der Waals surface area contributed by atoms with E-state index in [1.165, 1.54) is 12.1 Å². The molecule has 0 saturated carbocycles. The van der Waals surface area contributed by atoms with Crippen molar-refractivity contribution in [3.05, 3.63) is 58.4 Å². The number of nitro groups is 1. The summed E-state index contributed by atoms with van der Waals surface area (Å²) < 4.78 is 25.9. The Morgan fingerprint density at radius 3 is 1.94 bits per heavy atom. The van der Waals surface area contributed by atoms with Gasteiger partial charge in [0.25, 0.3) is 0 Å². The standard InChI is InChI=1S/C23H26FNO7/c1-21(2,3)23(19(26)27,22(4,5)6)20(28)32-16-13-12-15(25(29)30)18(17(16)24)31-14-10-8-7-9-11-14/h7-13H,1-6H3,(H,26,27). The number of benzene rings is 2. The summed E-state index contributed by atoms with van der Waals surface area (Å²) in [6.07, 6.45) is 0. The smallest absolute Gasteiger partial charge is 0.330 e. The Kier molecular flexibility index (Phi) is 6.63. The van der Waals surface area contributed by atoms with Crippen molar-refractivity contribution >= 4 is 17.6 Å². The van der Waals surface area contributed by atoms with Crippen LogP contribution < -0.4 is 9.47 Å². The molecule has 0 aromatic heterocycles. The van der Waals surface area contributed by atoms with Gasteiger partial charge >= 0.3 is 17.6 Å². The van der Waals surface area contributed by atoms with Gasteiger partial charge in [-0.15, -0.1) is 0 Å². The van der Waals surface area contributed by atoms with Crippen molar-refractivity contribution in [3.8, 4) is 17.2 Å². The predicted molar refractivity (Wildman–Crippen MR) is 114 cm³/mol. The minimum Gasteiger partial charge on any atom is -0.480 e. The number of nitro benzene ring substituents is 1. The Morgan fingerprint density at radius 2 is 1.50 bits per heavy atom. The molecule has 0 aliphatic rings. The molecule has 0 unspecified atom stereocenters. The Hall–Kier alpha value is -3.49. The summed E-state index contributed by atoms with van der Waals surface area (Å²) >= 11 is 0. The lowest BCUT2D eigenvalue weighted by Gasteiger charge is -2.47. The molecule has 0 bridgehead atoms. The van der Waals surface area contributed by atoms with Gasteiger partial charge in [-0.25, -0.2) is 0 Å². The number of carboxylic acids is 1. The summed E-state index contributed by atoms with van der Waals surface area (Å²) in [4.78, 5) is 36.2. The number of hydrogen-bond donors (Lipinski definition) is 1. The van der Waals surface area contributed by atoms with Gasteiger partial charge in [0.2, 0.25) is 11.6 Å². The number of esters is 1. The summed E-state index contributed by atoms with van der Waals surface area (Å²) in [7, 11) is 0. The SMILES string of the molecule is CC(C)(C)C(C(=O)O)(C(=O)Oc1ccc([N+](=O)[O-])c(Oc2ccccc2)c1F)C(C)(C)C. The molecule has 0 fully saturated rings. The van der Waals surface area contributed by atoms with Gasteiger partial charge in [-0.2, -0.15) is 4.39 Å². The lowest BCUT2D eigenvalue weighted by atomic mass is 9.54. The first-order chi connectivity index (χ1) is 14.6. The second-order valence-electron chi connectivity index (χ2n) is 9.34. The Morgan fingerprint density at radius 1 is 0.969 bits per heavy atom. The fraction of sp³-hybridized carbons (Fsp3) is 0.391. The Balaban J connectivity index is 2.61. The van der Waals surface area contributed by atoms with Gasteiger partial charge in [0.05, 0.1) is 4.92 Å². The molecule has 0 heterocycles. The van der Waals surface area contributed by atoms with Gasteiger partial charge in [-0.3, -0.25) is 19.7 Å². The van der Waals surface area contributed by atoms with E-state index >= 15 is 4.39 Å². The van der Waals surface area contributed by atoms with Crippen LogP contribution in [0.1, 0.15) is 41.5 Å². The highest BCUT2D eigenvalue weighted by atomic mass is 19.1. The van der Waals surface area contributed by atoms with Gasteiger partial charge in [0.1, 0.15) is 5.75 Å². The fourth-order valence-electron chi connectivity index (χ4n) is 4.10. The summed E-state index contributed by atoms with van der Waals surface area (Å²) in [5, 5.41) is 21.5. The van der Waals surface area contributed by atoms with Gasteiger partial charge in [0.15, 0.2) is 11.2 Å². The molecular weight excluding hydrogens is 421 g/mol. The van der Waals surface area contributed by atoms with E-state index in [2.05, 4.69) is 0 Å². The van der Waals surface area contributed by atoms with E-state index in [0.717, 1.165) is 12.1 Å². The molecule has 0 amide bonds. The third kappa shape index (κ3) is 4.28. The van der Waals surface area contributed by atoms with Crippen molar-refractivity contribution in [2.75, 3.05) is 0 Å². The average molecular weight is 447 g/mol. The third-order valence-electron chi connectivity index (χ3n) is 5.28. The molecule has 0 radical (unpaired) electrons. The number of ether oxygens (including phenoxy) is 2. The molecule has 0 aliphatic carbocycles. The summed E-state index contributed by atoms with van der Waals surface area (Å²) in [6, 6.07) is 9.64. The Bertz CT molecular complexity index is 1020. The van der Waals surface area contributed by atoms with Crippen molar-refractivity contribution in [1.29, 1.82) is 0 Å². The number of hydrogen-bond acceptors (Lipinski definition) is 6. The molecule has 1 N–H and O–H groups in total. The summed E-state index contributed by atoms with van der Waals surface area (Å²) in [6.45, 7) is 9.44. The van der Waals surface area contributed by atoms with Crippen molar-refractivity contribution in [3.63, 3.8) is 0 Å². The van der Waals surface area contributed by atoms with Gasteiger partial charge in [0, 0.05) is 6.07 Å². The number of aliphatic carboxylic acids is 1. The molecule has 2 rings (SSSR count). The number of nitrogens with zero attached hydrogens (tertiary/aromatic N) is 1. The maximum absolute atomic E-state index is 15.3. The number of carbonyl (C=O) groups is 2.